The summed E-state index contributed by atoms with van der Waals surface area (Å²) in [5.74, 6) is 0.716. The first-order chi connectivity index (χ1) is 11.7. The van der Waals surface area contributed by atoms with Crippen molar-refractivity contribution in [3.05, 3.63) is 91.0 Å². The number of hydrogen-bond donors (Lipinski definition) is 0. The van der Waals surface area contributed by atoms with E-state index >= 15 is 0 Å². The van der Waals surface area contributed by atoms with Crippen LogP contribution in [0.3, 0.4) is 0 Å². The summed E-state index contributed by atoms with van der Waals surface area (Å²) in [4.78, 5) is 0. The average Bonchev–Trinajstić information content (AvgIpc) is 2.65. The van der Waals surface area contributed by atoms with Crippen LogP contribution < -0.4 is 15.9 Å². The second-order valence-electron chi connectivity index (χ2n) is 6.94. The van der Waals surface area contributed by atoms with E-state index in [2.05, 4.69) is 105 Å². The Hall–Kier alpha value is -1.91. The van der Waals surface area contributed by atoms with Crippen LogP contribution in [0.4, 0.5) is 0 Å². The standard InChI is InChI=1S/C23H27P/c1-20(2)18-19-24(21-12-6-3-7-13-21,22-14-8-4-9-15-22)23-16-10-5-11-17-23/h3-17,20,24H,18-19H2,1-2H3. The van der Waals surface area contributed by atoms with Crippen LogP contribution in [0.25, 0.3) is 0 Å². The van der Waals surface area contributed by atoms with Gasteiger partial charge in [-0.2, -0.15) is 0 Å². The van der Waals surface area contributed by atoms with E-state index < -0.39 is 7.26 Å². The fraction of sp³-hybridized carbons (Fsp3) is 0.217. The van der Waals surface area contributed by atoms with Crippen LogP contribution in [-0.2, 0) is 0 Å². The van der Waals surface area contributed by atoms with Crippen molar-refractivity contribution in [1.29, 1.82) is 0 Å². The van der Waals surface area contributed by atoms with Gasteiger partial charge in [0.25, 0.3) is 0 Å². The monoisotopic (exact) mass is 334 g/mol. The van der Waals surface area contributed by atoms with Gasteiger partial charge in [0.1, 0.15) is 0 Å². The normalized spacial score (nSPS) is 12.3. The van der Waals surface area contributed by atoms with Gasteiger partial charge in [0.15, 0.2) is 0 Å². The van der Waals surface area contributed by atoms with E-state index in [9.17, 15) is 0 Å². The van der Waals surface area contributed by atoms with Crippen LogP contribution in [0, 0.1) is 5.92 Å². The second kappa shape index (κ2) is 7.77. The second-order valence-corrected chi connectivity index (χ2v) is 11.0. The topological polar surface area (TPSA) is 0 Å². The molecule has 124 valence electrons. The van der Waals surface area contributed by atoms with E-state index in [1.54, 1.807) is 0 Å². The zero-order chi connectivity index (χ0) is 16.8. The average molecular weight is 334 g/mol. The van der Waals surface area contributed by atoms with Gasteiger partial charge >= 0.3 is 147 Å². The quantitative estimate of drug-likeness (QED) is 0.570. The Morgan fingerprint density at radius 3 is 1.21 bits per heavy atom. The molecule has 0 aromatic heterocycles. The summed E-state index contributed by atoms with van der Waals surface area (Å²) in [7, 11) is -1.99. The van der Waals surface area contributed by atoms with Crippen molar-refractivity contribution in [3.8, 4) is 0 Å². The molecule has 0 aliphatic rings. The van der Waals surface area contributed by atoms with Crippen LogP contribution >= 0.6 is 7.26 Å². The van der Waals surface area contributed by atoms with Gasteiger partial charge in [-0.25, -0.2) is 0 Å². The summed E-state index contributed by atoms with van der Waals surface area (Å²) in [6.45, 7) is 4.67. The van der Waals surface area contributed by atoms with Gasteiger partial charge in [-0.1, -0.05) is 0 Å². The number of hydrogen-bond acceptors (Lipinski definition) is 0. The Bertz CT molecular complexity index is 636. The van der Waals surface area contributed by atoms with Crippen LogP contribution in [0.2, 0.25) is 0 Å². The number of rotatable bonds is 6. The third-order valence-electron chi connectivity index (χ3n) is 4.90. The third-order valence-corrected chi connectivity index (χ3v) is 9.89. The van der Waals surface area contributed by atoms with Crippen molar-refractivity contribution in [3.63, 3.8) is 0 Å². The Balaban J connectivity index is 2.24. The van der Waals surface area contributed by atoms with Gasteiger partial charge in [-0.3, -0.25) is 0 Å². The molecule has 1 heteroatoms. The van der Waals surface area contributed by atoms with Crippen molar-refractivity contribution in [2.45, 2.75) is 20.3 Å². The maximum absolute atomic E-state index is 2.34. The van der Waals surface area contributed by atoms with Crippen molar-refractivity contribution in [1.82, 2.24) is 0 Å². The molecule has 0 aliphatic carbocycles. The Morgan fingerprint density at radius 1 is 0.583 bits per heavy atom. The van der Waals surface area contributed by atoms with Crippen LogP contribution in [0.5, 0.6) is 0 Å². The molecule has 0 nitrogen and oxygen atoms in total. The maximum atomic E-state index is 2.34. The Labute approximate surface area is 146 Å². The predicted molar refractivity (Wildman–Crippen MR) is 111 cm³/mol. The first-order valence-electron chi connectivity index (χ1n) is 8.90. The predicted octanol–water partition coefficient (Wildman–Crippen LogP) is 4.76. The molecule has 0 radical (unpaired) electrons. The molecule has 0 saturated carbocycles. The Morgan fingerprint density at radius 2 is 0.917 bits per heavy atom. The molecule has 0 heterocycles. The molecule has 0 saturated heterocycles. The van der Waals surface area contributed by atoms with Crippen molar-refractivity contribution >= 4 is 23.2 Å². The molecular formula is C23H27P. The SMILES string of the molecule is CC(C)CC[PH](c1ccccc1)(c1ccccc1)c1ccccc1. The van der Waals surface area contributed by atoms with Gasteiger partial charge in [-0.15, -0.1) is 0 Å². The minimum absolute atomic E-state index is 0.716. The summed E-state index contributed by atoms with van der Waals surface area (Å²) in [6, 6.07) is 33.6. The van der Waals surface area contributed by atoms with Crippen LogP contribution in [0.1, 0.15) is 20.3 Å². The first-order valence-corrected chi connectivity index (χ1v) is 11.1. The molecule has 24 heavy (non-hydrogen) atoms. The molecule has 0 bridgehead atoms. The van der Waals surface area contributed by atoms with E-state index in [0.717, 1.165) is 0 Å². The first kappa shape index (κ1) is 16.9. The van der Waals surface area contributed by atoms with Crippen LogP contribution in [-0.4, -0.2) is 6.16 Å². The molecule has 0 unspecified atom stereocenters. The molecule has 0 amide bonds. The molecule has 0 atom stereocenters. The minimum atomic E-state index is -1.99. The van der Waals surface area contributed by atoms with Gasteiger partial charge < -0.3 is 0 Å². The van der Waals surface area contributed by atoms with E-state index in [4.69, 9.17) is 0 Å². The summed E-state index contributed by atoms with van der Waals surface area (Å²) in [5, 5.41) is 4.55. The molecule has 0 fully saturated rings. The summed E-state index contributed by atoms with van der Waals surface area (Å²) < 4.78 is 0. The third kappa shape index (κ3) is 3.45. The van der Waals surface area contributed by atoms with E-state index in [0.29, 0.717) is 5.92 Å². The van der Waals surface area contributed by atoms with Gasteiger partial charge in [-0.05, 0) is 0 Å². The van der Waals surface area contributed by atoms with Crippen molar-refractivity contribution in [2.75, 3.05) is 6.16 Å². The molecule has 0 spiro atoms. The Kier molecular flexibility index (Phi) is 5.48. The van der Waals surface area contributed by atoms with Crippen LogP contribution in [0.15, 0.2) is 91.0 Å². The fourth-order valence-corrected chi connectivity index (χ4v) is 8.77. The molecule has 0 aliphatic heterocycles. The van der Waals surface area contributed by atoms with Crippen molar-refractivity contribution < 1.29 is 0 Å². The molecule has 3 rings (SSSR count). The summed E-state index contributed by atoms with van der Waals surface area (Å²) in [5.41, 5.74) is 0. The molecule has 0 N–H and O–H groups in total. The van der Waals surface area contributed by atoms with Gasteiger partial charge in [0.2, 0.25) is 0 Å². The van der Waals surface area contributed by atoms with Gasteiger partial charge in [0.05, 0.1) is 0 Å². The van der Waals surface area contributed by atoms with E-state index in [1.807, 2.05) is 0 Å². The molecule has 3 aromatic carbocycles. The van der Waals surface area contributed by atoms with E-state index in [1.165, 1.54) is 28.5 Å². The summed E-state index contributed by atoms with van der Waals surface area (Å²) in [6.07, 6.45) is 2.51. The van der Waals surface area contributed by atoms with E-state index in [-0.39, 0.29) is 0 Å². The molecule has 3 aromatic rings. The molecular weight excluding hydrogens is 307 g/mol. The zero-order valence-corrected chi connectivity index (χ0v) is 15.7. The fourth-order valence-electron chi connectivity index (χ4n) is 3.61. The van der Waals surface area contributed by atoms with Crippen molar-refractivity contribution in [2.24, 2.45) is 5.92 Å². The summed E-state index contributed by atoms with van der Waals surface area (Å²) >= 11 is 0. The number of benzene rings is 3. The zero-order valence-electron chi connectivity index (χ0n) is 14.7. The van der Waals surface area contributed by atoms with Gasteiger partial charge in [0, 0.05) is 0 Å².